The summed E-state index contributed by atoms with van der Waals surface area (Å²) >= 11 is 0. The first kappa shape index (κ1) is 30.7. The fourth-order valence-electron chi connectivity index (χ4n) is 7.05. The van der Waals surface area contributed by atoms with E-state index in [0.29, 0.717) is 11.1 Å². The van der Waals surface area contributed by atoms with Crippen molar-refractivity contribution in [1.82, 2.24) is 0 Å². The second-order valence-corrected chi connectivity index (χ2v) is 12.4. The van der Waals surface area contributed by atoms with Crippen LogP contribution in [0.1, 0.15) is 15.9 Å². The Labute approximate surface area is 293 Å². The van der Waals surface area contributed by atoms with E-state index in [1.54, 1.807) is 0 Å². The van der Waals surface area contributed by atoms with E-state index in [0.717, 1.165) is 50.1 Å². The molecule has 0 radical (unpaired) electrons. The molecule has 0 aliphatic heterocycles. The van der Waals surface area contributed by atoms with Crippen molar-refractivity contribution in [2.75, 3.05) is 0 Å². The van der Waals surface area contributed by atoms with E-state index in [1.165, 1.54) is 16.7 Å². The molecule has 0 aliphatic carbocycles. The summed E-state index contributed by atoms with van der Waals surface area (Å²) in [4.78, 5) is 13.6. The molecule has 0 N–H and O–H groups in total. The first-order valence-corrected chi connectivity index (χ1v) is 17.0. The monoisotopic (exact) mass is 638 g/mol. The fourth-order valence-corrected chi connectivity index (χ4v) is 7.05. The van der Waals surface area contributed by atoms with Crippen molar-refractivity contribution in [2.24, 2.45) is 0 Å². The smallest absolute Gasteiger partial charge is 0.193 e. The number of rotatable bonds is 8. The van der Waals surface area contributed by atoms with Crippen LogP contribution >= 0.6 is 0 Å². The summed E-state index contributed by atoms with van der Waals surface area (Å²) in [6.07, 6.45) is 0. The van der Waals surface area contributed by atoms with Crippen LogP contribution in [-0.2, 0) is 0 Å². The maximum Gasteiger partial charge on any atom is 0.193 e. The van der Waals surface area contributed by atoms with Gasteiger partial charge >= 0.3 is 0 Å². The highest BCUT2D eigenvalue weighted by atomic mass is 16.1. The Hall–Kier alpha value is -6.57. The van der Waals surface area contributed by atoms with E-state index in [-0.39, 0.29) is 5.78 Å². The molecule has 1 heteroatoms. The zero-order valence-corrected chi connectivity index (χ0v) is 27.5. The molecule has 0 saturated heterocycles. The molecule has 0 aromatic heterocycles. The number of carbonyl (C=O) groups excluding carboxylic acids is 1. The van der Waals surface area contributed by atoms with E-state index in [2.05, 4.69) is 164 Å². The van der Waals surface area contributed by atoms with Gasteiger partial charge in [0.25, 0.3) is 0 Å². The summed E-state index contributed by atoms with van der Waals surface area (Å²) in [6.45, 7) is 0. The quantitative estimate of drug-likeness (QED) is 0.151. The second kappa shape index (κ2) is 13.9. The molecule has 0 aliphatic rings. The molecule has 8 rings (SSSR count). The Bertz CT molecular complexity index is 2260. The van der Waals surface area contributed by atoms with Crippen molar-refractivity contribution in [3.05, 3.63) is 217 Å². The zero-order chi connectivity index (χ0) is 33.7. The van der Waals surface area contributed by atoms with E-state index in [1.807, 2.05) is 42.5 Å². The number of hydrogen-bond donors (Lipinski definition) is 0. The van der Waals surface area contributed by atoms with Crippen LogP contribution in [0.3, 0.4) is 0 Å². The molecule has 8 aromatic carbocycles. The lowest BCUT2D eigenvalue weighted by Gasteiger charge is -2.28. The second-order valence-electron chi connectivity index (χ2n) is 12.4. The SMILES string of the molecule is O=C(c1ccccc1)c1ccc(-c2c(-c3ccccc3)c(-c3ccccc3)c(-c3ccccc3)c(-c3ccccc3)c2-c2ccccc2)cc1. The minimum absolute atomic E-state index is 0.0121. The van der Waals surface area contributed by atoms with Gasteiger partial charge in [-0.3, -0.25) is 4.79 Å². The van der Waals surface area contributed by atoms with Crippen molar-refractivity contribution in [1.29, 1.82) is 0 Å². The molecule has 0 unspecified atom stereocenters. The van der Waals surface area contributed by atoms with E-state index in [4.69, 9.17) is 0 Å². The minimum atomic E-state index is 0.0121. The Morgan fingerprint density at radius 1 is 0.220 bits per heavy atom. The molecule has 0 heterocycles. The van der Waals surface area contributed by atoms with Crippen molar-refractivity contribution >= 4 is 5.78 Å². The topological polar surface area (TPSA) is 17.1 Å². The molecule has 0 spiro atoms. The Morgan fingerprint density at radius 3 is 0.680 bits per heavy atom. The molecule has 0 saturated carbocycles. The van der Waals surface area contributed by atoms with Crippen LogP contribution in [0.4, 0.5) is 0 Å². The standard InChI is InChI=1S/C49H34O/c50-49(41-29-17-6-18-30-41)42-33-31-40(32-34-42)48-46(38-25-13-4-14-26-38)44(36-21-9-2-10-22-36)43(35-19-7-1-8-20-35)45(37-23-11-3-12-24-37)47(48)39-27-15-5-16-28-39/h1-34H. The van der Waals surface area contributed by atoms with E-state index in [9.17, 15) is 4.79 Å². The highest BCUT2D eigenvalue weighted by molar-refractivity contribution is 6.15. The Kier molecular flexibility index (Phi) is 8.54. The summed E-state index contributed by atoms with van der Waals surface area (Å²) < 4.78 is 0. The lowest BCUT2D eigenvalue weighted by Crippen LogP contribution is -2.03. The van der Waals surface area contributed by atoms with Crippen molar-refractivity contribution in [3.8, 4) is 66.8 Å². The molecule has 236 valence electrons. The first-order chi connectivity index (χ1) is 24.8. The molecule has 8 aromatic rings. The number of benzene rings is 8. The molecular weight excluding hydrogens is 605 g/mol. The van der Waals surface area contributed by atoms with Gasteiger partial charge < -0.3 is 0 Å². The molecule has 0 fully saturated rings. The molecule has 0 amide bonds. The maximum absolute atomic E-state index is 13.6. The Morgan fingerprint density at radius 2 is 0.420 bits per heavy atom. The van der Waals surface area contributed by atoms with Gasteiger partial charge in [0.05, 0.1) is 0 Å². The lowest BCUT2D eigenvalue weighted by atomic mass is 9.74. The summed E-state index contributed by atoms with van der Waals surface area (Å²) in [5.74, 6) is 0.0121. The number of ketones is 1. The van der Waals surface area contributed by atoms with Crippen LogP contribution < -0.4 is 0 Å². The highest BCUT2D eigenvalue weighted by Crippen LogP contribution is 2.55. The number of hydrogen-bond acceptors (Lipinski definition) is 1. The van der Waals surface area contributed by atoms with Gasteiger partial charge in [0.15, 0.2) is 5.78 Å². The van der Waals surface area contributed by atoms with Crippen LogP contribution in [0, 0.1) is 0 Å². The minimum Gasteiger partial charge on any atom is -0.289 e. The molecule has 0 atom stereocenters. The molecular formula is C49H34O. The number of carbonyl (C=O) groups is 1. The normalized spacial score (nSPS) is 10.9. The largest absolute Gasteiger partial charge is 0.289 e. The first-order valence-electron chi connectivity index (χ1n) is 17.0. The van der Waals surface area contributed by atoms with E-state index >= 15 is 0 Å². The van der Waals surface area contributed by atoms with Crippen LogP contribution in [0.25, 0.3) is 66.8 Å². The van der Waals surface area contributed by atoms with Gasteiger partial charge in [-0.2, -0.15) is 0 Å². The third kappa shape index (κ3) is 5.87. The van der Waals surface area contributed by atoms with Gasteiger partial charge in [-0.05, 0) is 66.8 Å². The van der Waals surface area contributed by atoms with Gasteiger partial charge in [0, 0.05) is 11.1 Å². The molecule has 1 nitrogen and oxygen atoms in total. The van der Waals surface area contributed by atoms with Gasteiger partial charge in [-0.15, -0.1) is 0 Å². The van der Waals surface area contributed by atoms with Crippen LogP contribution in [0.15, 0.2) is 206 Å². The van der Waals surface area contributed by atoms with Gasteiger partial charge in [-0.25, -0.2) is 0 Å². The predicted molar refractivity (Wildman–Crippen MR) is 209 cm³/mol. The average molecular weight is 639 g/mol. The van der Waals surface area contributed by atoms with Gasteiger partial charge in [0.1, 0.15) is 0 Å². The highest BCUT2D eigenvalue weighted by Gasteiger charge is 2.29. The lowest BCUT2D eigenvalue weighted by molar-refractivity contribution is 0.103. The van der Waals surface area contributed by atoms with E-state index < -0.39 is 0 Å². The van der Waals surface area contributed by atoms with Gasteiger partial charge in [-0.1, -0.05) is 206 Å². The van der Waals surface area contributed by atoms with Crippen molar-refractivity contribution < 1.29 is 4.79 Å². The van der Waals surface area contributed by atoms with Crippen LogP contribution in [-0.4, -0.2) is 5.78 Å². The molecule has 50 heavy (non-hydrogen) atoms. The molecule has 0 bridgehead atoms. The van der Waals surface area contributed by atoms with Crippen molar-refractivity contribution in [3.63, 3.8) is 0 Å². The van der Waals surface area contributed by atoms with Crippen LogP contribution in [0.2, 0.25) is 0 Å². The van der Waals surface area contributed by atoms with Gasteiger partial charge in [0.2, 0.25) is 0 Å². The summed E-state index contributed by atoms with van der Waals surface area (Å²) in [5, 5.41) is 0. The third-order valence-electron chi connectivity index (χ3n) is 9.28. The Balaban J connectivity index is 1.57. The summed E-state index contributed by atoms with van der Waals surface area (Å²) in [7, 11) is 0. The summed E-state index contributed by atoms with van der Waals surface area (Å²) in [5.41, 5.74) is 15.0. The fraction of sp³-hybridized carbons (Fsp3) is 0. The van der Waals surface area contributed by atoms with Crippen molar-refractivity contribution in [2.45, 2.75) is 0 Å². The average Bonchev–Trinajstić information content (AvgIpc) is 3.21. The zero-order valence-electron chi connectivity index (χ0n) is 27.5. The maximum atomic E-state index is 13.6. The third-order valence-corrected chi connectivity index (χ3v) is 9.28. The van der Waals surface area contributed by atoms with Crippen LogP contribution in [0.5, 0.6) is 0 Å². The predicted octanol–water partition coefficient (Wildman–Crippen LogP) is 12.9. The summed E-state index contributed by atoms with van der Waals surface area (Å²) in [6, 6.07) is 71.4.